The van der Waals surface area contributed by atoms with Gasteiger partial charge in [0.15, 0.2) is 0 Å². The SMILES string of the molecule is CCNC(C)CC(=O)N1CCc2ccccc21. The zero-order valence-electron chi connectivity index (χ0n) is 10.6. The topological polar surface area (TPSA) is 32.3 Å². The second-order valence-corrected chi connectivity index (χ2v) is 4.59. The molecule has 92 valence electrons. The summed E-state index contributed by atoms with van der Waals surface area (Å²) >= 11 is 0. The van der Waals surface area contributed by atoms with E-state index in [9.17, 15) is 4.79 Å². The molecule has 1 aromatic carbocycles. The van der Waals surface area contributed by atoms with Crippen LogP contribution in [0.5, 0.6) is 0 Å². The van der Waals surface area contributed by atoms with Gasteiger partial charge < -0.3 is 10.2 Å². The lowest BCUT2D eigenvalue weighted by atomic mass is 10.1. The quantitative estimate of drug-likeness (QED) is 0.860. The fourth-order valence-electron chi connectivity index (χ4n) is 2.39. The van der Waals surface area contributed by atoms with Crippen molar-refractivity contribution in [2.75, 3.05) is 18.0 Å². The fourth-order valence-corrected chi connectivity index (χ4v) is 2.39. The van der Waals surface area contributed by atoms with Crippen LogP contribution in [-0.4, -0.2) is 25.0 Å². The number of benzene rings is 1. The number of anilines is 1. The Hall–Kier alpha value is -1.35. The van der Waals surface area contributed by atoms with Gasteiger partial charge >= 0.3 is 0 Å². The summed E-state index contributed by atoms with van der Waals surface area (Å²) in [6.07, 6.45) is 1.56. The largest absolute Gasteiger partial charge is 0.314 e. The number of carbonyl (C=O) groups is 1. The van der Waals surface area contributed by atoms with Gasteiger partial charge in [-0.1, -0.05) is 25.1 Å². The lowest BCUT2D eigenvalue weighted by Gasteiger charge is -2.20. The first-order valence-corrected chi connectivity index (χ1v) is 6.34. The van der Waals surface area contributed by atoms with Gasteiger partial charge in [0.1, 0.15) is 0 Å². The highest BCUT2D eigenvalue weighted by molar-refractivity contribution is 5.95. The van der Waals surface area contributed by atoms with E-state index in [0.717, 1.165) is 25.2 Å². The monoisotopic (exact) mass is 232 g/mol. The smallest absolute Gasteiger partial charge is 0.228 e. The third kappa shape index (κ3) is 2.67. The fraction of sp³-hybridized carbons (Fsp3) is 0.500. The van der Waals surface area contributed by atoms with Crippen molar-refractivity contribution in [1.82, 2.24) is 5.32 Å². The van der Waals surface area contributed by atoms with Gasteiger partial charge in [-0.25, -0.2) is 0 Å². The molecule has 1 N–H and O–H groups in total. The Labute approximate surface area is 103 Å². The van der Waals surface area contributed by atoms with Crippen molar-refractivity contribution < 1.29 is 4.79 Å². The highest BCUT2D eigenvalue weighted by Crippen LogP contribution is 2.27. The summed E-state index contributed by atoms with van der Waals surface area (Å²) in [7, 11) is 0. The molecule has 2 rings (SSSR count). The predicted molar refractivity (Wildman–Crippen MR) is 70.3 cm³/mol. The number of amides is 1. The average Bonchev–Trinajstić information content (AvgIpc) is 2.72. The number of nitrogens with zero attached hydrogens (tertiary/aromatic N) is 1. The molecule has 0 saturated heterocycles. The first-order valence-electron chi connectivity index (χ1n) is 6.34. The normalized spacial score (nSPS) is 15.8. The highest BCUT2D eigenvalue weighted by atomic mass is 16.2. The molecule has 0 radical (unpaired) electrons. The van der Waals surface area contributed by atoms with Crippen molar-refractivity contribution in [2.45, 2.75) is 32.7 Å². The minimum atomic E-state index is 0.225. The van der Waals surface area contributed by atoms with Gasteiger partial charge in [0.25, 0.3) is 0 Å². The van der Waals surface area contributed by atoms with Gasteiger partial charge in [0.2, 0.25) is 5.91 Å². The molecule has 1 atom stereocenters. The second-order valence-electron chi connectivity index (χ2n) is 4.59. The van der Waals surface area contributed by atoms with E-state index in [4.69, 9.17) is 0 Å². The van der Waals surface area contributed by atoms with E-state index < -0.39 is 0 Å². The van der Waals surface area contributed by atoms with Crippen LogP contribution in [0.1, 0.15) is 25.8 Å². The van der Waals surface area contributed by atoms with E-state index in [2.05, 4.69) is 25.2 Å². The maximum Gasteiger partial charge on any atom is 0.228 e. The maximum atomic E-state index is 12.2. The Morgan fingerprint density at radius 3 is 3.00 bits per heavy atom. The Morgan fingerprint density at radius 1 is 1.47 bits per heavy atom. The molecule has 1 heterocycles. The van der Waals surface area contributed by atoms with Crippen LogP contribution >= 0.6 is 0 Å². The summed E-state index contributed by atoms with van der Waals surface area (Å²) in [5.41, 5.74) is 2.39. The molecule has 1 aliphatic heterocycles. The zero-order valence-corrected chi connectivity index (χ0v) is 10.6. The molecule has 1 aromatic rings. The van der Waals surface area contributed by atoms with Gasteiger partial charge in [-0.3, -0.25) is 4.79 Å². The van der Waals surface area contributed by atoms with Crippen LogP contribution in [0.3, 0.4) is 0 Å². The van der Waals surface area contributed by atoms with Gasteiger partial charge in [0, 0.05) is 24.7 Å². The Kier molecular flexibility index (Phi) is 3.79. The molecule has 1 aliphatic rings. The maximum absolute atomic E-state index is 12.2. The summed E-state index contributed by atoms with van der Waals surface area (Å²) in [5.74, 6) is 0.225. The molecule has 3 heteroatoms. The van der Waals surface area contributed by atoms with E-state index in [1.54, 1.807) is 0 Å². The first-order chi connectivity index (χ1) is 8.22. The molecule has 1 unspecified atom stereocenters. The summed E-state index contributed by atoms with van der Waals surface area (Å²) in [6, 6.07) is 8.43. The van der Waals surface area contributed by atoms with Gasteiger partial charge in [-0.15, -0.1) is 0 Å². The van der Waals surface area contributed by atoms with E-state index in [0.29, 0.717) is 6.42 Å². The molecule has 0 aromatic heterocycles. The van der Waals surface area contributed by atoms with E-state index in [-0.39, 0.29) is 11.9 Å². The van der Waals surface area contributed by atoms with Gasteiger partial charge in [-0.2, -0.15) is 0 Å². The van der Waals surface area contributed by atoms with E-state index in [1.165, 1.54) is 5.56 Å². The van der Waals surface area contributed by atoms with Crippen LogP contribution in [0.25, 0.3) is 0 Å². The van der Waals surface area contributed by atoms with Crippen molar-refractivity contribution in [3.8, 4) is 0 Å². The molecule has 3 nitrogen and oxygen atoms in total. The number of hydrogen-bond acceptors (Lipinski definition) is 2. The molecule has 0 saturated carbocycles. The molecule has 17 heavy (non-hydrogen) atoms. The van der Waals surface area contributed by atoms with Crippen LogP contribution in [-0.2, 0) is 11.2 Å². The van der Waals surface area contributed by atoms with Crippen LogP contribution < -0.4 is 10.2 Å². The highest BCUT2D eigenvalue weighted by Gasteiger charge is 2.24. The summed E-state index contributed by atoms with van der Waals surface area (Å²) in [6.45, 7) is 5.86. The molecular formula is C14H20N2O. The van der Waals surface area contributed by atoms with Crippen LogP contribution in [0.2, 0.25) is 0 Å². The number of fused-ring (bicyclic) bond motifs is 1. The van der Waals surface area contributed by atoms with Crippen molar-refractivity contribution >= 4 is 11.6 Å². The van der Waals surface area contributed by atoms with Crippen molar-refractivity contribution in [1.29, 1.82) is 0 Å². The van der Waals surface area contributed by atoms with E-state index >= 15 is 0 Å². The number of carbonyl (C=O) groups excluding carboxylic acids is 1. The lowest BCUT2D eigenvalue weighted by molar-refractivity contribution is -0.118. The summed E-state index contributed by atoms with van der Waals surface area (Å²) < 4.78 is 0. The molecule has 0 aliphatic carbocycles. The number of hydrogen-bond donors (Lipinski definition) is 1. The molecule has 0 fully saturated rings. The molecule has 0 bridgehead atoms. The van der Waals surface area contributed by atoms with E-state index in [1.807, 2.05) is 23.1 Å². The predicted octanol–water partition coefficient (Wildman–Crippen LogP) is 1.96. The molecular weight excluding hydrogens is 212 g/mol. The van der Waals surface area contributed by atoms with Gasteiger partial charge in [0.05, 0.1) is 0 Å². The van der Waals surface area contributed by atoms with Crippen LogP contribution in [0.15, 0.2) is 24.3 Å². The minimum absolute atomic E-state index is 0.225. The zero-order chi connectivity index (χ0) is 12.3. The minimum Gasteiger partial charge on any atom is -0.314 e. The molecule has 1 amide bonds. The first kappa shape index (κ1) is 12.1. The lowest BCUT2D eigenvalue weighted by Crippen LogP contribution is -2.36. The van der Waals surface area contributed by atoms with Crippen molar-refractivity contribution in [3.63, 3.8) is 0 Å². The number of rotatable bonds is 4. The Bertz CT molecular complexity index is 403. The second kappa shape index (κ2) is 5.32. The third-order valence-corrected chi connectivity index (χ3v) is 3.22. The Balaban J connectivity index is 2.02. The third-order valence-electron chi connectivity index (χ3n) is 3.22. The standard InChI is InChI=1S/C14H20N2O/c1-3-15-11(2)10-14(17)16-9-8-12-6-4-5-7-13(12)16/h4-7,11,15H,3,8-10H2,1-2H3. The summed E-state index contributed by atoms with van der Waals surface area (Å²) in [4.78, 5) is 14.1. The van der Waals surface area contributed by atoms with Crippen LogP contribution in [0.4, 0.5) is 5.69 Å². The van der Waals surface area contributed by atoms with Crippen LogP contribution in [0, 0.1) is 0 Å². The molecule has 0 spiro atoms. The summed E-state index contributed by atoms with van der Waals surface area (Å²) in [5, 5.41) is 3.28. The number of nitrogens with one attached hydrogen (secondary N) is 1. The van der Waals surface area contributed by atoms with Crippen molar-refractivity contribution in [2.24, 2.45) is 0 Å². The Morgan fingerprint density at radius 2 is 2.24 bits per heavy atom. The van der Waals surface area contributed by atoms with Crippen molar-refractivity contribution in [3.05, 3.63) is 29.8 Å². The average molecular weight is 232 g/mol. The number of para-hydroxylation sites is 1. The van der Waals surface area contributed by atoms with Gasteiger partial charge in [-0.05, 0) is 31.5 Å².